The number of carbonyl (C=O) groups is 1. The van der Waals surface area contributed by atoms with Gasteiger partial charge in [0.15, 0.2) is 17.2 Å². The molecule has 2 aromatic carbocycles. The molecule has 4 aromatic rings. The Bertz CT molecular complexity index is 1390. The van der Waals surface area contributed by atoms with E-state index in [4.69, 9.17) is 4.74 Å². The second-order valence-corrected chi connectivity index (χ2v) is 8.45. The Labute approximate surface area is 193 Å². The van der Waals surface area contributed by atoms with Crippen molar-refractivity contribution in [2.24, 2.45) is 0 Å². The quantitative estimate of drug-likeness (QED) is 0.410. The number of carbonyl (C=O) groups excluding carboxylic acids is 1. The molecule has 8 heteroatoms. The summed E-state index contributed by atoms with van der Waals surface area (Å²) in [5.41, 5.74) is 2.76. The Balaban J connectivity index is 1.43. The van der Waals surface area contributed by atoms with Crippen molar-refractivity contribution < 1.29 is 27.8 Å². The molecule has 5 rings (SSSR count). The second kappa shape index (κ2) is 8.61. The van der Waals surface area contributed by atoms with Crippen molar-refractivity contribution in [2.75, 3.05) is 0 Å². The number of nitrogens with zero attached hydrogens (tertiary/aromatic N) is 2. The van der Waals surface area contributed by atoms with Gasteiger partial charge in [-0.05, 0) is 36.6 Å². The third-order valence-electron chi connectivity index (χ3n) is 6.28. The summed E-state index contributed by atoms with van der Waals surface area (Å²) in [7, 11) is 0. The fourth-order valence-electron chi connectivity index (χ4n) is 4.66. The summed E-state index contributed by atoms with van der Waals surface area (Å²) in [6.45, 7) is 1.22. The minimum Gasteiger partial charge on any atom is -0.485 e. The highest BCUT2D eigenvalue weighted by molar-refractivity contribution is 5.97. The monoisotopic (exact) mass is 466 g/mol. The van der Waals surface area contributed by atoms with E-state index in [0.29, 0.717) is 35.6 Å². The van der Waals surface area contributed by atoms with Gasteiger partial charge in [-0.3, -0.25) is 9.20 Å². The SMILES string of the molecule is Cc1nc2c(OCc3c(F)cc(F)cc3F)cccn2c1C(=O)C[C@@H]1c2ccccc2C[C@@H]1O. The fraction of sp³-hybridized carbons (Fsp3) is 0.231. The molecule has 0 aliphatic heterocycles. The van der Waals surface area contributed by atoms with Crippen molar-refractivity contribution in [3.8, 4) is 5.75 Å². The van der Waals surface area contributed by atoms with E-state index < -0.39 is 35.7 Å². The van der Waals surface area contributed by atoms with E-state index in [2.05, 4.69) is 4.98 Å². The van der Waals surface area contributed by atoms with Gasteiger partial charge in [0.1, 0.15) is 29.8 Å². The van der Waals surface area contributed by atoms with Crippen LogP contribution in [0.15, 0.2) is 54.7 Å². The predicted octanol–water partition coefficient (Wildman–Crippen LogP) is 4.91. The third kappa shape index (κ3) is 3.84. The molecule has 0 bridgehead atoms. The van der Waals surface area contributed by atoms with Crippen LogP contribution in [0.5, 0.6) is 5.75 Å². The number of aryl methyl sites for hydroxylation is 1. The van der Waals surface area contributed by atoms with Gasteiger partial charge >= 0.3 is 0 Å². The first-order valence-corrected chi connectivity index (χ1v) is 10.9. The molecule has 1 aliphatic carbocycles. The van der Waals surface area contributed by atoms with E-state index in [9.17, 15) is 23.1 Å². The number of imidazole rings is 1. The Hall–Kier alpha value is -3.65. The largest absolute Gasteiger partial charge is 0.485 e. The number of aliphatic hydroxyl groups excluding tert-OH is 1. The van der Waals surface area contributed by atoms with Crippen LogP contribution >= 0.6 is 0 Å². The maximum atomic E-state index is 14.0. The van der Waals surface area contributed by atoms with Crippen LogP contribution in [-0.4, -0.2) is 26.4 Å². The number of aliphatic hydroxyl groups is 1. The van der Waals surface area contributed by atoms with Gasteiger partial charge in [0.25, 0.3) is 0 Å². The van der Waals surface area contributed by atoms with E-state index in [-0.39, 0.29) is 23.9 Å². The standard InChI is InChI=1S/C26H21F3N2O3/c1-14-25(23(33)12-18-17-6-3-2-5-15(17)9-22(18)32)31-8-4-7-24(26(31)30-14)34-13-19-20(28)10-16(27)11-21(19)29/h2-8,10-11,18,22,32H,9,12-13H2,1H3/t18-,22+/m1/s1. The van der Waals surface area contributed by atoms with E-state index in [1.54, 1.807) is 29.7 Å². The van der Waals surface area contributed by atoms with Crippen molar-refractivity contribution in [1.29, 1.82) is 0 Å². The normalized spacial score (nSPS) is 17.2. The van der Waals surface area contributed by atoms with E-state index in [1.165, 1.54) is 0 Å². The van der Waals surface area contributed by atoms with E-state index in [1.807, 2.05) is 24.3 Å². The fourth-order valence-corrected chi connectivity index (χ4v) is 4.66. The molecule has 0 saturated carbocycles. The van der Waals surface area contributed by atoms with Gasteiger partial charge in [0.05, 0.1) is 17.4 Å². The molecule has 0 saturated heterocycles. The van der Waals surface area contributed by atoms with Gasteiger partial charge in [-0.15, -0.1) is 0 Å². The maximum Gasteiger partial charge on any atom is 0.182 e. The maximum absolute atomic E-state index is 14.0. The number of benzene rings is 2. The molecule has 1 aliphatic rings. The van der Waals surface area contributed by atoms with Crippen molar-refractivity contribution >= 4 is 11.4 Å². The minimum atomic E-state index is -1.05. The molecule has 2 aromatic heterocycles. The zero-order chi connectivity index (χ0) is 24.0. The Morgan fingerprint density at radius 1 is 1.15 bits per heavy atom. The minimum absolute atomic E-state index is 0.115. The Morgan fingerprint density at radius 2 is 1.88 bits per heavy atom. The molecule has 0 radical (unpaired) electrons. The van der Waals surface area contributed by atoms with Gasteiger partial charge in [0, 0.05) is 30.7 Å². The Morgan fingerprint density at radius 3 is 2.65 bits per heavy atom. The van der Waals surface area contributed by atoms with Crippen LogP contribution in [-0.2, 0) is 13.0 Å². The third-order valence-corrected chi connectivity index (χ3v) is 6.28. The van der Waals surface area contributed by atoms with Crippen LogP contribution in [0.4, 0.5) is 13.2 Å². The van der Waals surface area contributed by atoms with Crippen molar-refractivity contribution in [1.82, 2.24) is 9.38 Å². The molecule has 1 N–H and O–H groups in total. The molecule has 0 fully saturated rings. The number of ketones is 1. The molecule has 0 spiro atoms. The molecule has 0 unspecified atom stereocenters. The van der Waals surface area contributed by atoms with Gasteiger partial charge in [-0.1, -0.05) is 24.3 Å². The summed E-state index contributed by atoms with van der Waals surface area (Å²) in [5.74, 6) is -3.37. The highest BCUT2D eigenvalue weighted by Crippen LogP contribution is 2.37. The Kier molecular flexibility index (Phi) is 5.61. The molecule has 34 heavy (non-hydrogen) atoms. The summed E-state index contributed by atoms with van der Waals surface area (Å²) < 4.78 is 48.3. The zero-order valence-electron chi connectivity index (χ0n) is 18.3. The van der Waals surface area contributed by atoms with Crippen LogP contribution in [0.25, 0.3) is 5.65 Å². The molecule has 0 amide bonds. The molecule has 5 nitrogen and oxygen atoms in total. The smallest absolute Gasteiger partial charge is 0.182 e. The van der Waals surface area contributed by atoms with E-state index in [0.717, 1.165) is 11.1 Å². The molecular weight excluding hydrogens is 445 g/mol. The lowest BCUT2D eigenvalue weighted by Gasteiger charge is -2.15. The first-order valence-electron chi connectivity index (χ1n) is 10.9. The van der Waals surface area contributed by atoms with Crippen molar-refractivity contribution in [2.45, 2.75) is 38.4 Å². The van der Waals surface area contributed by atoms with Gasteiger partial charge in [-0.25, -0.2) is 18.2 Å². The van der Waals surface area contributed by atoms with Crippen LogP contribution in [0, 0.1) is 24.4 Å². The molecule has 174 valence electrons. The summed E-state index contributed by atoms with van der Waals surface area (Å²) in [6.07, 6.45) is 1.65. The summed E-state index contributed by atoms with van der Waals surface area (Å²) in [4.78, 5) is 17.8. The van der Waals surface area contributed by atoms with Crippen LogP contribution in [0.1, 0.15) is 45.2 Å². The van der Waals surface area contributed by atoms with Gasteiger partial charge in [-0.2, -0.15) is 0 Å². The summed E-state index contributed by atoms with van der Waals surface area (Å²) in [6, 6.07) is 12.1. The number of hydrogen-bond acceptors (Lipinski definition) is 4. The summed E-state index contributed by atoms with van der Waals surface area (Å²) >= 11 is 0. The number of rotatable bonds is 6. The number of Topliss-reactive ketones (excluding diaryl/α,β-unsaturated/α-hetero) is 1. The van der Waals surface area contributed by atoms with E-state index >= 15 is 0 Å². The van der Waals surface area contributed by atoms with Crippen LogP contribution < -0.4 is 4.74 Å². The first-order chi connectivity index (χ1) is 16.3. The lowest BCUT2D eigenvalue weighted by Crippen LogP contribution is -2.18. The molecular formula is C26H21F3N2O3. The van der Waals surface area contributed by atoms with Crippen molar-refractivity contribution in [3.63, 3.8) is 0 Å². The predicted molar refractivity (Wildman–Crippen MR) is 118 cm³/mol. The lowest BCUT2D eigenvalue weighted by atomic mass is 9.93. The highest BCUT2D eigenvalue weighted by atomic mass is 19.1. The molecule has 2 heterocycles. The number of ether oxygens (including phenoxy) is 1. The number of fused-ring (bicyclic) bond motifs is 2. The lowest BCUT2D eigenvalue weighted by molar-refractivity contribution is 0.0915. The van der Waals surface area contributed by atoms with Gasteiger partial charge in [0.2, 0.25) is 0 Å². The second-order valence-electron chi connectivity index (χ2n) is 8.45. The van der Waals surface area contributed by atoms with Gasteiger partial charge < -0.3 is 9.84 Å². The molecule has 2 atom stereocenters. The highest BCUT2D eigenvalue weighted by Gasteiger charge is 2.33. The zero-order valence-corrected chi connectivity index (χ0v) is 18.3. The van der Waals surface area contributed by atoms with Crippen LogP contribution in [0.2, 0.25) is 0 Å². The topological polar surface area (TPSA) is 63.8 Å². The number of halogens is 3. The average Bonchev–Trinajstić information content (AvgIpc) is 3.29. The van der Waals surface area contributed by atoms with Crippen LogP contribution in [0.3, 0.4) is 0 Å². The first kappa shape index (κ1) is 22.2. The number of pyridine rings is 1. The van der Waals surface area contributed by atoms with Crippen molar-refractivity contribution in [3.05, 3.63) is 100 Å². The average molecular weight is 466 g/mol. The number of aromatic nitrogens is 2. The summed E-state index contributed by atoms with van der Waals surface area (Å²) in [5, 5.41) is 10.5. The number of hydrogen-bond donors (Lipinski definition) is 1.